The molecule has 1 aromatic heterocycles. The fourth-order valence-electron chi connectivity index (χ4n) is 0.311. The van der Waals surface area contributed by atoms with E-state index < -0.39 is 0 Å². The Labute approximate surface area is 59.3 Å². The van der Waals surface area contributed by atoms with Gasteiger partial charge in [-0.3, -0.25) is 0 Å². The van der Waals surface area contributed by atoms with E-state index in [4.69, 9.17) is 0 Å². The van der Waals surface area contributed by atoms with Crippen LogP contribution in [-0.2, 0) is 0 Å². The van der Waals surface area contributed by atoms with Crippen LogP contribution in [0.15, 0.2) is 0 Å². The summed E-state index contributed by atoms with van der Waals surface area (Å²) in [6.07, 6.45) is 0. The van der Waals surface area contributed by atoms with Crippen molar-refractivity contribution < 1.29 is 0 Å². The third-order valence-electron chi connectivity index (χ3n) is 0.620. The summed E-state index contributed by atoms with van der Waals surface area (Å²) in [6, 6.07) is 0. The van der Waals surface area contributed by atoms with E-state index in [2.05, 4.69) is 31.5 Å². The molecule has 0 bridgehead atoms. The van der Waals surface area contributed by atoms with Crippen LogP contribution in [0.2, 0.25) is 0 Å². The second-order valence-corrected chi connectivity index (χ2v) is 3.50. The molecule has 8 heavy (non-hydrogen) atoms. The van der Waals surface area contributed by atoms with E-state index in [9.17, 15) is 0 Å². The third kappa shape index (κ3) is 1.18. The quantitative estimate of drug-likeness (QED) is 0.603. The zero-order valence-corrected chi connectivity index (χ0v) is 6.74. The third-order valence-corrected chi connectivity index (χ3v) is 2.05. The van der Waals surface area contributed by atoms with Crippen LogP contribution in [0.5, 0.6) is 0 Å². The van der Waals surface area contributed by atoms with Crippen molar-refractivity contribution in [2.24, 2.45) is 0 Å². The second-order valence-electron chi connectivity index (χ2n) is 1.12. The molecule has 5 heteroatoms. The summed E-state index contributed by atoms with van der Waals surface area (Å²) in [5, 5.41) is 11.2. The molecule has 0 fully saturated rings. The van der Waals surface area contributed by atoms with Gasteiger partial charge in [0.25, 0.3) is 0 Å². The molecule has 0 aliphatic carbocycles. The number of nitrogens with zero attached hydrogens (tertiary/aromatic N) is 2. The molecule has 3 nitrogen and oxygen atoms in total. The van der Waals surface area contributed by atoms with Gasteiger partial charge < -0.3 is 0 Å². The van der Waals surface area contributed by atoms with Crippen LogP contribution in [-0.4, -0.2) is 33.3 Å². The van der Waals surface area contributed by atoms with Gasteiger partial charge in [-0.05, 0) is 0 Å². The predicted octanol–water partition coefficient (Wildman–Crippen LogP) is -0.626. The molecule has 0 saturated heterocycles. The number of hydrogen-bond acceptors (Lipinski definition) is 4. The van der Waals surface area contributed by atoms with Gasteiger partial charge >= 0.3 is 58.9 Å². The first-order chi connectivity index (χ1) is 3.83. The van der Waals surface area contributed by atoms with E-state index in [1.165, 1.54) is 11.3 Å². The topological polar surface area (TPSA) is 37.8 Å². The molecule has 0 aromatic carbocycles. The summed E-state index contributed by atoms with van der Waals surface area (Å²) >= 11 is 4.26. The summed E-state index contributed by atoms with van der Waals surface area (Å²) in [5.74, 6) is 0. The van der Waals surface area contributed by atoms with Crippen molar-refractivity contribution in [1.29, 1.82) is 0 Å². The molecule has 1 rings (SSSR count). The van der Waals surface area contributed by atoms with Crippen LogP contribution in [0.1, 0.15) is 0 Å². The number of rotatable bonds is 1. The van der Waals surface area contributed by atoms with Crippen LogP contribution in [0.3, 0.4) is 0 Å². The van der Waals surface area contributed by atoms with Gasteiger partial charge in [0.1, 0.15) is 0 Å². The van der Waals surface area contributed by atoms with Crippen LogP contribution in [0.25, 0.3) is 0 Å². The molecular formula is C3H4N3SSe. The van der Waals surface area contributed by atoms with Crippen molar-refractivity contribution >= 4 is 36.4 Å². The van der Waals surface area contributed by atoms with Gasteiger partial charge in [0.2, 0.25) is 0 Å². The SMILES string of the molecule is CNc1nnc([Se])s1. The molecule has 1 N–H and O–H groups in total. The number of hydrogen-bond donors (Lipinski definition) is 1. The Kier molecular flexibility index (Phi) is 1.83. The Morgan fingerprint density at radius 2 is 2.38 bits per heavy atom. The molecule has 0 atom stereocenters. The van der Waals surface area contributed by atoms with Crippen molar-refractivity contribution in [3.63, 3.8) is 0 Å². The van der Waals surface area contributed by atoms with Gasteiger partial charge in [-0.15, -0.1) is 0 Å². The fourth-order valence-corrected chi connectivity index (χ4v) is 1.32. The Morgan fingerprint density at radius 1 is 1.62 bits per heavy atom. The minimum atomic E-state index is 0.846. The van der Waals surface area contributed by atoms with Crippen LogP contribution in [0.4, 0.5) is 5.13 Å². The molecule has 0 saturated carbocycles. The standard InChI is InChI=1S/C3H4N3SSe/c1-4-2-5-6-3(8)7-2/h1H3,(H,4,5). The van der Waals surface area contributed by atoms with Crippen molar-refractivity contribution in [3.8, 4) is 0 Å². The summed E-state index contributed by atoms with van der Waals surface area (Å²) in [4.78, 5) is 0. The first kappa shape index (κ1) is 6.01. The molecule has 43 valence electrons. The summed E-state index contributed by atoms with van der Waals surface area (Å²) in [6.45, 7) is 0. The Bertz CT molecular complexity index is 175. The number of nitrogens with one attached hydrogen (secondary N) is 1. The predicted molar refractivity (Wildman–Crippen MR) is 34.8 cm³/mol. The maximum atomic E-state index is 3.76. The van der Waals surface area contributed by atoms with Gasteiger partial charge in [-0.25, -0.2) is 0 Å². The zero-order chi connectivity index (χ0) is 5.98. The average Bonchev–Trinajstić information content (AvgIpc) is 2.14. The second kappa shape index (κ2) is 2.44. The van der Waals surface area contributed by atoms with E-state index in [0.717, 1.165) is 9.04 Å². The summed E-state index contributed by atoms with van der Waals surface area (Å²) in [5.41, 5.74) is 0. The fraction of sp³-hybridized carbons (Fsp3) is 0.333. The van der Waals surface area contributed by atoms with E-state index in [1.54, 1.807) is 0 Å². The Balaban J connectivity index is 2.84. The normalized spacial score (nSPS) is 9.12. The molecule has 1 radical (unpaired) electrons. The van der Waals surface area contributed by atoms with Crippen molar-refractivity contribution in [2.75, 3.05) is 12.4 Å². The molecule has 1 heterocycles. The van der Waals surface area contributed by atoms with Gasteiger partial charge in [-0.1, -0.05) is 0 Å². The van der Waals surface area contributed by atoms with Gasteiger partial charge in [0.05, 0.1) is 0 Å². The monoisotopic (exact) mass is 194 g/mol. The summed E-state index contributed by atoms with van der Waals surface area (Å²) < 4.78 is 0.870. The molecule has 0 aliphatic rings. The van der Waals surface area contributed by atoms with E-state index in [1.807, 2.05) is 7.05 Å². The molecule has 1 aromatic rings. The van der Waals surface area contributed by atoms with Gasteiger partial charge in [0, 0.05) is 0 Å². The summed E-state index contributed by atoms with van der Waals surface area (Å²) in [7, 11) is 1.82. The first-order valence-electron chi connectivity index (χ1n) is 2.01. The number of anilines is 1. The van der Waals surface area contributed by atoms with Gasteiger partial charge in [-0.2, -0.15) is 0 Å². The molecule has 0 unspecified atom stereocenters. The first-order valence-corrected chi connectivity index (χ1v) is 3.68. The average molecular weight is 193 g/mol. The minimum absolute atomic E-state index is 0.846. The van der Waals surface area contributed by atoms with Crippen LogP contribution >= 0.6 is 11.3 Å². The number of aromatic nitrogens is 2. The molecule has 0 amide bonds. The van der Waals surface area contributed by atoms with E-state index >= 15 is 0 Å². The zero-order valence-electron chi connectivity index (χ0n) is 4.21. The van der Waals surface area contributed by atoms with Crippen LogP contribution in [0, 0.1) is 0 Å². The van der Waals surface area contributed by atoms with Crippen molar-refractivity contribution in [3.05, 3.63) is 0 Å². The van der Waals surface area contributed by atoms with Crippen LogP contribution < -0.4 is 9.22 Å². The van der Waals surface area contributed by atoms with Crippen molar-refractivity contribution in [1.82, 2.24) is 10.2 Å². The molecular weight excluding hydrogens is 189 g/mol. The Hall–Kier alpha value is -0.121. The molecule has 0 spiro atoms. The molecule has 0 aliphatic heterocycles. The van der Waals surface area contributed by atoms with Crippen molar-refractivity contribution in [2.45, 2.75) is 0 Å². The van der Waals surface area contributed by atoms with E-state index in [0.29, 0.717) is 0 Å². The van der Waals surface area contributed by atoms with Gasteiger partial charge in [0.15, 0.2) is 0 Å². The van der Waals surface area contributed by atoms with E-state index in [-0.39, 0.29) is 0 Å². The Morgan fingerprint density at radius 3 is 2.62 bits per heavy atom. The maximum absolute atomic E-state index is 3.76.